The summed E-state index contributed by atoms with van der Waals surface area (Å²) in [5, 5.41) is 0. The lowest BCUT2D eigenvalue weighted by Crippen LogP contribution is -2.61. The van der Waals surface area contributed by atoms with Crippen molar-refractivity contribution in [3.8, 4) is 0 Å². The van der Waals surface area contributed by atoms with Crippen LogP contribution in [0.15, 0.2) is 91.0 Å². The maximum absolute atomic E-state index is 11.8. The van der Waals surface area contributed by atoms with Gasteiger partial charge in [0.2, 0.25) is 0 Å². The lowest BCUT2D eigenvalue weighted by Gasteiger charge is -2.45. The summed E-state index contributed by atoms with van der Waals surface area (Å²) >= 11 is 0. The summed E-state index contributed by atoms with van der Waals surface area (Å²) in [5.74, 6) is 0. The van der Waals surface area contributed by atoms with E-state index in [1.165, 1.54) is 7.11 Å². The maximum Gasteiger partial charge on any atom is 0.264 e. The third-order valence-electron chi connectivity index (χ3n) is 6.13. The highest BCUT2D eigenvalue weighted by atomic mass is 32.2. The number of rotatable bonds is 13. The minimum absolute atomic E-state index is 0.255. The number of ether oxygens (including phenoxy) is 5. The lowest BCUT2D eigenvalue weighted by molar-refractivity contribution is -0.320. The fourth-order valence-electron chi connectivity index (χ4n) is 4.26. The molecule has 4 rings (SSSR count). The molecule has 0 spiro atoms. The molecule has 204 valence electrons. The Balaban J connectivity index is 1.62. The average Bonchev–Trinajstić information content (AvgIpc) is 2.94. The van der Waals surface area contributed by atoms with Crippen molar-refractivity contribution >= 4 is 10.1 Å². The van der Waals surface area contributed by atoms with Crippen molar-refractivity contribution in [2.24, 2.45) is 0 Å². The summed E-state index contributed by atoms with van der Waals surface area (Å²) in [5.41, 5.74) is 2.90. The second kappa shape index (κ2) is 14.0. The quantitative estimate of drug-likeness (QED) is 0.299. The molecule has 1 aliphatic rings. The van der Waals surface area contributed by atoms with Crippen LogP contribution in [0.25, 0.3) is 0 Å². The van der Waals surface area contributed by atoms with Crippen LogP contribution in [0.2, 0.25) is 0 Å². The van der Waals surface area contributed by atoms with Crippen molar-refractivity contribution in [1.82, 2.24) is 0 Å². The van der Waals surface area contributed by atoms with Crippen molar-refractivity contribution in [3.05, 3.63) is 108 Å². The zero-order valence-corrected chi connectivity index (χ0v) is 22.4. The molecule has 3 aromatic rings. The SMILES string of the molecule is COC1O[C@@H](COS(C)(=O)=O)C(OCc2ccccc2)[C@H](OCc2ccccc2)[C@@H]1OCc1ccccc1. The molecule has 1 fully saturated rings. The van der Waals surface area contributed by atoms with Gasteiger partial charge in [-0.25, -0.2) is 0 Å². The molecule has 1 heterocycles. The van der Waals surface area contributed by atoms with Gasteiger partial charge in [-0.3, -0.25) is 4.18 Å². The minimum atomic E-state index is -3.72. The van der Waals surface area contributed by atoms with Gasteiger partial charge in [0, 0.05) is 7.11 Å². The van der Waals surface area contributed by atoms with Crippen LogP contribution in [0.4, 0.5) is 0 Å². The van der Waals surface area contributed by atoms with Crippen LogP contribution in [0.5, 0.6) is 0 Å². The Kier molecular flexibility index (Phi) is 10.4. The summed E-state index contributed by atoms with van der Waals surface area (Å²) in [6.07, 6.45) is -2.68. The van der Waals surface area contributed by atoms with E-state index < -0.39 is 40.8 Å². The summed E-state index contributed by atoms with van der Waals surface area (Å²) in [7, 11) is -2.21. The van der Waals surface area contributed by atoms with Gasteiger partial charge >= 0.3 is 0 Å². The average molecular weight is 543 g/mol. The van der Waals surface area contributed by atoms with Crippen LogP contribution in [-0.4, -0.2) is 59.1 Å². The number of methoxy groups -OCH3 is 1. The van der Waals surface area contributed by atoms with E-state index in [1.54, 1.807) is 0 Å². The van der Waals surface area contributed by atoms with Crippen LogP contribution in [0.1, 0.15) is 16.7 Å². The molecule has 0 N–H and O–H groups in total. The summed E-state index contributed by atoms with van der Waals surface area (Å²) in [4.78, 5) is 0. The van der Waals surface area contributed by atoms with Gasteiger partial charge in [0.25, 0.3) is 10.1 Å². The molecule has 5 atom stereocenters. The molecule has 0 aliphatic carbocycles. The van der Waals surface area contributed by atoms with Crippen molar-refractivity contribution in [2.45, 2.75) is 50.5 Å². The van der Waals surface area contributed by atoms with Crippen molar-refractivity contribution in [3.63, 3.8) is 0 Å². The van der Waals surface area contributed by atoms with E-state index in [2.05, 4.69) is 0 Å². The Hall–Kier alpha value is -2.63. The standard InChI is InChI=1S/C29H34O8S/c1-32-29-28(35-20-24-16-10-5-11-17-24)27(34-19-23-14-8-4-9-15-23)26(25(37-29)21-36-38(2,30)31)33-18-22-12-6-3-7-13-22/h3-17,25-29H,18-21H2,1-2H3/t25-,26?,27-,28-,29?/m0/s1. The van der Waals surface area contributed by atoms with Gasteiger partial charge in [-0.2, -0.15) is 8.42 Å². The first-order chi connectivity index (χ1) is 18.4. The number of hydrogen-bond donors (Lipinski definition) is 0. The smallest absolute Gasteiger partial charge is 0.264 e. The van der Waals surface area contributed by atoms with Crippen LogP contribution >= 0.6 is 0 Å². The summed E-state index contributed by atoms with van der Waals surface area (Å²) in [6.45, 7) is 0.598. The van der Waals surface area contributed by atoms with E-state index in [1.807, 2.05) is 91.0 Å². The molecule has 0 bridgehead atoms. The largest absolute Gasteiger partial charge is 0.368 e. The molecular formula is C29H34O8S. The molecule has 3 aromatic carbocycles. The zero-order valence-electron chi connectivity index (χ0n) is 21.5. The van der Waals surface area contributed by atoms with Gasteiger partial charge in [0.1, 0.15) is 24.4 Å². The van der Waals surface area contributed by atoms with E-state index in [9.17, 15) is 8.42 Å². The van der Waals surface area contributed by atoms with E-state index in [0.717, 1.165) is 22.9 Å². The first-order valence-corrected chi connectivity index (χ1v) is 14.2. The highest BCUT2D eigenvalue weighted by molar-refractivity contribution is 7.85. The molecule has 0 aromatic heterocycles. The topological polar surface area (TPSA) is 89.5 Å². The van der Waals surface area contributed by atoms with E-state index in [4.69, 9.17) is 27.9 Å². The molecule has 0 amide bonds. The van der Waals surface area contributed by atoms with Crippen molar-refractivity contribution in [1.29, 1.82) is 0 Å². The van der Waals surface area contributed by atoms with Gasteiger partial charge in [-0.05, 0) is 16.7 Å². The summed E-state index contributed by atoms with van der Waals surface area (Å²) < 4.78 is 59.8. The molecule has 9 heteroatoms. The highest BCUT2D eigenvalue weighted by Crippen LogP contribution is 2.31. The Morgan fingerprint density at radius 2 is 1.08 bits per heavy atom. The molecule has 0 radical (unpaired) electrons. The van der Waals surface area contributed by atoms with E-state index in [0.29, 0.717) is 6.61 Å². The van der Waals surface area contributed by atoms with Gasteiger partial charge in [-0.15, -0.1) is 0 Å². The molecule has 2 unspecified atom stereocenters. The highest BCUT2D eigenvalue weighted by Gasteiger charge is 2.49. The molecule has 1 saturated heterocycles. The third kappa shape index (κ3) is 8.44. The van der Waals surface area contributed by atoms with Gasteiger partial charge in [0.15, 0.2) is 6.29 Å². The van der Waals surface area contributed by atoms with E-state index >= 15 is 0 Å². The predicted molar refractivity (Wildman–Crippen MR) is 142 cm³/mol. The minimum Gasteiger partial charge on any atom is -0.368 e. The second-order valence-electron chi connectivity index (χ2n) is 9.05. The second-order valence-corrected chi connectivity index (χ2v) is 10.7. The Morgan fingerprint density at radius 1 is 0.658 bits per heavy atom. The van der Waals surface area contributed by atoms with Crippen molar-refractivity contribution < 1.29 is 36.3 Å². The first kappa shape index (κ1) is 28.4. The van der Waals surface area contributed by atoms with Crippen LogP contribution in [0, 0.1) is 0 Å². The van der Waals surface area contributed by atoms with Gasteiger partial charge in [-0.1, -0.05) is 91.0 Å². The van der Waals surface area contributed by atoms with Crippen LogP contribution in [0.3, 0.4) is 0 Å². The lowest BCUT2D eigenvalue weighted by atomic mass is 9.98. The Morgan fingerprint density at radius 3 is 1.50 bits per heavy atom. The molecule has 1 aliphatic heterocycles. The molecule has 38 heavy (non-hydrogen) atoms. The molecule has 0 saturated carbocycles. The monoisotopic (exact) mass is 542 g/mol. The number of hydrogen-bond acceptors (Lipinski definition) is 8. The first-order valence-electron chi connectivity index (χ1n) is 12.4. The third-order valence-corrected chi connectivity index (χ3v) is 6.69. The van der Waals surface area contributed by atoms with Crippen LogP contribution in [-0.2, 0) is 57.8 Å². The van der Waals surface area contributed by atoms with Gasteiger partial charge < -0.3 is 23.7 Å². The summed E-state index contributed by atoms with van der Waals surface area (Å²) in [6, 6.07) is 29.2. The maximum atomic E-state index is 11.8. The Labute approximate surface area is 224 Å². The fourth-order valence-corrected chi connectivity index (χ4v) is 4.64. The van der Waals surface area contributed by atoms with Crippen molar-refractivity contribution in [2.75, 3.05) is 20.0 Å². The normalized spacial score (nSPS) is 23.8. The molecular weight excluding hydrogens is 508 g/mol. The number of benzene rings is 3. The van der Waals surface area contributed by atoms with E-state index in [-0.39, 0.29) is 19.8 Å². The predicted octanol–water partition coefficient (Wildman–Crippen LogP) is 4.09. The van der Waals surface area contributed by atoms with Crippen LogP contribution < -0.4 is 0 Å². The molecule has 8 nitrogen and oxygen atoms in total. The van der Waals surface area contributed by atoms with Gasteiger partial charge in [0.05, 0.1) is 32.7 Å². The fraction of sp³-hybridized carbons (Fsp3) is 0.379. The Bertz CT molecular complexity index is 1190. The zero-order chi connectivity index (χ0) is 26.8.